The minimum atomic E-state index is -0.214. The molecule has 0 aliphatic heterocycles. The Kier molecular flexibility index (Phi) is 4.01. The zero-order chi connectivity index (χ0) is 16.2. The smallest absolute Gasteiger partial charge is 0.251 e. The van der Waals surface area contributed by atoms with Crippen molar-refractivity contribution in [3.05, 3.63) is 54.1 Å². The molecule has 2 aromatic carbocycles. The molecule has 1 aromatic heterocycles. The van der Waals surface area contributed by atoms with Crippen LogP contribution < -0.4 is 10.6 Å². The van der Waals surface area contributed by atoms with E-state index in [1.165, 1.54) is 0 Å². The van der Waals surface area contributed by atoms with E-state index in [4.69, 9.17) is 0 Å². The van der Waals surface area contributed by atoms with E-state index in [1.807, 2.05) is 24.3 Å². The van der Waals surface area contributed by atoms with Gasteiger partial charge in [-0.05, 0) is 36.4 Å². The number of para-hydroxylation sites is 1. The zero-order valence-corrected chi connectivity index (χ0v) is 12.5. The number of hydrogen-bond acceptors (Lipinski definition) is 4. The fourth-order valence-corrected chi connectivity index (χ4v) is 2.22. The fourth-order valence-electron chi connectivity index (χ4n) is 2.22. The van der Waals surface area contributed by atoms with Gasteiger partial charge >= 0.3 is 0 Å². The van der Waals surface area contributed by atoms with E-state index in [0.29, 0.717) is 11.3 Å². The van der Waals surface area contributed by atoms with Crippen molar-refractivity contribution in [3.63, 3.8) is 0 Å². The summed E-state index contributed by atoms with van der Waals surface area (Å²) in [5.41, 5.74) is 2.70. The highest BCUT2D eigenvalue weighted by Gasteiger charge is 2.09. The number of benzene rings is 2. The molecule has 0 saturated carbocycles. The molecular formula is C16H15N5O2. The molecule has 7 heteroatoms. The van der Waals surface area contributed by atoms with Gasteiger partial charge in [-0.25, -0.2) is 4.68 Å². The minimum Gasteiger partial charge on any atom is -0.355 e. The summed E-state index contributed by atoms with van der Waals surface area (Å²) in [5.74, 6) is -0.384. The molecular weight excluding hydrogens is 294 g/mol. The number of hydrogen-bond donors (Lipinski definition) is 2. The van der Waals surface area contributed by atoms with Crippen LogP contribution in [-0.4, -0.2) is 33.9 Å². The first-order chi connectivity index (χ1) is 11.2. The van der Waals surface area contributed by atoms with Gasteiger partial charge in [0.25, 0.3) is 5.91 Å². The topological polar surface area (TPSA) is 88.9 Å². The highest BCUT2D eigenvalue weighted by molar-refractivity contribution is 5.95. The Morgan fingerprint density at radius 2 is 1.83 bits per heavy atom. The third-order valence-corrected chi connectivity index (χ3v) is 3.37. The third kappa shape index (κ3) is 3.18. The van der Waals surface area contributed by atoms with Crippen LogP contribution in [0, 0.1) is 0 Å². The molecule has 2 amide bonds. The molecule has 0 aliphatic rings. The van der Waals surface area contributed by atoms with Gasteiger partial charge in [0.15, 0.2) is 0 Å². The van der Waals surface area contributed by atoms with Gasteiger partial charge in [-0.2, -0.15) is 0 Å². The monoisotopic (exact) mass is 309 g/mol. The second-order valence-corrected chi connectivity index (χ2v) is 4.94. The Balaban J connectivity index is 1.68. The summed E-state index contributed by atoms with van der Waals surface area (Å²) in [4.78, 5) is 23.6. The first kappa shape index (κ1) is 14.7. The lowest BCUT2D eigenvalue weighted by Crippen LogP contribution is -2.20. The average Bonchev–Trinajstić information content (AvgIpc) is 2.98. The van der Waals surface area contributed by atoms with Gasteiger partial charge in [0.1, 0.15) is 12.1 Å². The summed E-state index contributed by atoms with van der Waals surface area (Å²) in [7, 11) is 1.57. The maximum Gasteiger partial charge on any atom is 0.251 e. The van der Waals surface area contributed by atoms with Gasteiger partial charge in [0, 0.05) is 18.3 Å². The van der Waals surface area contributed by atoms with Crippen LogP contribution in [0.2, 0.25) is 0 Å². The normalized spacial score (nSPS) is 10.5. The molecule has 23 heavy (non-hydrogen) atoms. The molecule has 0 radical (unpaired) electrons. The summed E-state index contributed by atoms with van der Waals surface area (Å²) in [5, 5.41) is 13.3. The van der Waals surface area contributed by atoms with E-state index in [9.17, 15) is 9.59 Å². The molecule has 2 N–H and O–H groups in total. The number of carbonyl (C=O) groups is 2. The maximum absolute atomic E-state index is 12.1. The summed E-state index contributed by atoms with van der Waals surface area (Å²) < 4.78 is 1.55. The standard InChI is InChI=1S/C16H15N5O2/c1-17-16(23)11-6-8-12(9-7-11)18-15(22)10-21-14-5-3-2-4-13(14)19-20-21/h2-9H,10H2,1H3,(H,17,23)(H,18,22). The van der Waals surface area contributed by atoms with Crippen LogP contribution >= 0.6 is 0 Å². The van der Waals surface area contributed by atoms with Crippen molar-refractivity contribution in [1.82, 2.24) is 20.3 Å². The molecule has 0 saturated heterocycles. The fraction of sp³-hybridized carbons (Fsp3) is 0.125. The lowest BCUT2D eigenvalue weighted by molar-refractivity contribution is -0.116. The van der Waals surface area contributed by atoms with Gasteiger partial charge in [-0.15, -0.1) is 5.10 Å². The maximum atomic E-state index is 12.1. The van der Waals surface area contributed by atoms with Crippen LogP contribution in [0.5, 0.6) is 0 Å². The summed E-state index contributed by atoms with van der Waals surface area (Å²) >= 11 is 0. The molecule has 0 aliphatic carbocycles. The average molecular weight is 309 g/mol. The third-order valence-electron chi connectivity index (χ3n) is 3.37. The molecule has 7 nitrogen and oxygen atoms in total. The van der Waals surface area contributed by atoms with Crippen LogP contribution in [0.4, 0.5) is 5.69 Å². The van der Waals surface area contributed by atoms with E-state index < -0.39 is 0 Å². The van der Waals surface area contributed by atoms with Crippen LogP contribution in [0.3, 0.4) is 0 Å². The van der Waals surface area contributed by atoms with E-state index in [2.05, 4.69) is 20.9 Å². The number of rotatable bonds is 4. The van der Waals surface area contributed by atoms with Crippen LogP contribution in [0.25, 0.3) is 11.0 Å². The van der Waals surface area contributed by atoms with Crippen LogP contribution in [0.1, 0.15) is 10.4 Å². The van der Waals surface area contributed by atoms with Gasteiger partial charge in [0.2, 0.25) is 5.91 Å². The molecule has 0 unspecified atom stereocenters. The van der Waals surface area contributed by atoms with E-state index in [1.54, 1.807) is 36.0 Å². The van der Waals surface area contributed by atoms with Crippen molar-refractivity contribution in [2.24, 2.45) is 0 Å². The van der Waals surface area contributed by atoms with Crippen molar-refractivity contribution in [2.45, 2.75) is 6.54 Å². The Morgan fingerprint density at radius 1 is 1.09 bits per heavy atom. The molecule has 0 bridgehead atoms. The molecule has 3 rings (SSSR count). The first-order valence-electron chi connectivity index (χ1n) is 7.07. The summed E-state index contributed by atoms with van der Waals surface area (Å²) in [6.45, 7) is 0.0672. The summed E-state index contributed by atoms with van der Waals surface area (Å²) in [6, 6.07) is 14.1. The predicted molar refractivity (Wildman–Crippen MR) is 86.0 cm³/mol. The lowest BCUT2D eigenvalue weighted by Gasteiger charge is -2.06. The number of nitrogens with one attached hydrogen (secondary N) is 2. The zero-order valence-electron chi connectivity index (χ0n) is 12.5. The van der Waals surface area contributed by atoms with E-state index >= 15 is 0 Å². The largest absolute Gasteiger partial charge is 0.355 e. The Labute approximate surface area is 132 Å². The van der Waals surface area contributed by atoms with Crippen molar-refractivity contribution in [1.29, 1.82) is 0 Å². The molecule has 0 atom stereocenters. The van der Waals surface area contributed by atoms with Crippen molar-refractivity contribution < 1.29 is 9.59 Å². The molecule has 0 spiro atoms. The van der Waals surface area contributed by atoms with Gasteiger partial charge < -0.3 is 10.6 Å². The molecule has 3 aromatic rings. The molecule has 1 heterocycles. The van der Waals surface area contributed by atoms with E-state index in [0.717, 1.165) is 11.0 Å². The number of fused-ring (bicyclic) bond motifs is 1. The summed E-state index contributed by atoms with van der Waals surface area (Å²) in [6.07, 6.45) is 0. The molecule has 116 valence electrons. The second kappa shape index (κ2) is 6.27. The van der Waals surface area contributed by atoms with Gasteiger partial charge in [0.05, 0.1) is 5.52 Å². The van der Waals surface area contributed by atoms with Crippen molar-refractivity contribution in [3.8, 4) is 0 Å². The Hall–Kier alpha value is -3.22. The Morgan fingerprint density at radius 3 is 2.57 bits per heavy atom. The van der Waals surface area contributed by atoms with Gasteiger partial charge in [-0.3, -0.25) is 9.59 Å². The van der Waals surface area contributed by atoms with Crippen molar-refractivity contribution >= 4 is 28.5 Å². The predicted octanol–water partition coefficient (Wildman–Crippen LogP) is 1.43. The van der Waals surface area contributed by atoms with Crippen LogP contribution in [-0.2, 0) is 11.3 Å². The number of nitrogens with zero attached hydrogens (tertiary/aromatic N) is 3. The number of anilines is 1. The van der Waals surface area contributed by atoms with Gasteiger partial charge in [-0.1, -0.05) is 17.3 Å². The SMILES string of the molecule is CNC(=O)c1ccc(NC(=O)Cn2nnc3ccccc32)cc1. The lowest BCUT2D eigenvalue weighted by atomic mass is 10.2. The molecule has 0 fully saturated rings. The highest BCUT2D eigenvalue weighted by Crippen LogP contribution is 2.12. The second-order valence-electron chi connectivity index (χ2n) is 4.94. The Bertz CT molecular complexity index is 854. The number of aromatic nitrogens is 3. The quantitative estimate of drug-likeness (QED) is 0.763. The minimum absolute atomic E-state index is 0.0672. The van der Waals surface area contributed by atoms with Crippen LogP contribution in [0.15, 0.2) is 48.5 Å². The number of amides is 2. The van der Waals surface area contributed by atoms with E-state index in [-0.39, 0.29) is 18.4 Å². The number of carbonyl (C=O) groups excluding carboxylic acids is 2. The highest BCUT2D eigenvalue weighted by atomic mass is 16.2. The van der Waals surface area contributed by atoms with Crippen molar-refractivity contribution in [2.75, 3.05) is 12.4 Å². The first-order valence-corrected chi connectivity index (χ1v) is 7.07.